The van der Waals surface area contributed by atoms with Gasteiger partial charge in [0.05, 0.1) is 23.7 Å². The van der Waals surface area contributed by atoms with Crippen LogP contribution in [0.1, 0.15) is 42.6 Å². The van der Waals surface area contributed by atoms with Gasteiger partial charge in [-0.3, -0.25) is 9.48 Å². The van der Waals surface area contributed by atoms with Gasteiger partial charge in [-0.15, -0.1) is 0 Å². The summed E-state index contributed by atoms with van der Waals surface area (Å²) in [6.45, 7) is 3.80. The first-order valence-corrected chi connectivity index (χ1v) is 12.9. The van der Waals surface area contributed by atoms with Crippen LogP contribution < -0.4 is 4.74 Å². The SMILES string of the molecule is CCOC(=O)Cn1ncc2c1CCC[C@H]2N(C)S(=O)(=O)c1ccc(Oc2ccc(F)cc2)c(C)c1. The van der Waals surface area contributed by atoms with Gasteiger partial charge >= 0.3 is 5.97 Å². The van der Waals surface area contributed by atoms with Crippen LogP contribution in [0.25, 0.3) is 0 Å². The summed E-state index contributed by atoms with van der Waals surface area (Å²) < 4.78 is 54.0. The zero-order valence-corrected chi connectivity index (χ0v) is 20.7. The predicted octanol–water partition coefficient (Wildman–Crippen LogP) is 4.38. The summed E-state index contributed by atoms with van der Waals surface area (Å²) in [4.78, 5) is 12.1. The van der Waals surface area contributed by atoms with Crippen molar-refractivity contribution in [2.45, 2.75) is 50.6 Å². The van der Waals surface area contributed by atoms with E-state index in [0.717, 1.165) is 17.7 Å². The van der Waals surface area contributed by atoms with Crippen molar-refractivity contribution in [2.75, 3.05) is 13.7 Å². The lowest BCUT2D eigenvalue weighted by Crippen LogP contribution is -2.33. The number of benzene rings is 2. The highest BCUT2D eigenvalue weighted by atomic mass is 32.2. The van der Waals surface area contributed by atoms with Gasteiger partial charge in [-0.2, -0.15) is 9.40 Å². The van der Waals surface area contributed by atoms with Crippen molar-refractivity contribution in [3.05, 3.63) is 71.3 Å². The maximum absolute atomic E-state index is 13.5. The Labute approximate surface area is 204 Å². The Bertz CT molecular complexity index is 1320. The summed E-state index contributed by atoms with van der Waals surface area (Å²) in [6.07, 6.45) is 3.79. The quantitative estimate of drug-likeness (QED) is 0.426. The predicted molar refractivity (Wildman–Crippen MR) is 127 cm³/mol. The Kier molecular flexibility index (Phi) is 7.23. The number of nitrogens with zero attached hydrogens (tertiary/aromatic N) is 3. The topological polar surface area (TPSA) is 90.7 Å². The fraction of sp³-hybridized carbons (Fsp3) is 0.360. The molecule has 0 bridgehead atoms. The van der Waals surface area contributed by atoms with E-state index < -0.39 is 16.1 Å². The van der Waals surface area contributed by atoms with Crippen molar-refractivity contribution >= 4 is 16.0 Å². The smallest absolute Gasteiger partial charge is 0.327 e. The summed E-state index contributed by atoms with van der Waals surface area (Å²) in [7, 11) is -2.26. The molecule has 8 nitrogen and oxygen atoms in total. The Morgan fingerprint density at radius 1 is 1.23 bits per heavy atom. The number of rotatable bonds is 8. The van der Waals surface area contributed by atoms with Crippen LogP contribution in [0.15, 0.2) is 53.6 Å². The third kappa shape index (κ3) is 5.23. The molecule has 3 aromatic rings. The molecule has 186 valence electrons. The van der Waals surface area contributed by atoms with Gasteiger partial charge in [0, 0.05) is 18.3 Å². The van der Waals surface area contributed by atoms with Gasteiger partial charge in [0.25, 0.3) is 0 Å². The molecule has 1 aliphatic carbocycles. The molecule has 35 heavy (non-hydrogen) atoms. The third-order valence-electron chi connectivity index (χ3n) is 6.12. The summed E-state index contributed by atoms with van der Waals surface area (Å²) in [5, 5.41) is 4.33. The first-order valence-electron chi connectivity index (χ1n) is 11.4. The molecule has 0 saturated carbocycles. The van der Waals surface area contributed by atoms with Gasteiger partial charge in [0.1, 0.15) is 23.9 Å². The van der Waals surface area contributed by atoms with Crippen molar-refractivity contribution in [1.82, 2.24) is 14.1 Å². The number of esters is 1. The van der Waals surface area contributed by atoms with Gasteiger partial charge in [0.2, 0.25) is 10.0 Å². The highest BCUT2D eigenvalue weighted by Crippen LogP contribution is 2.37. The minimum atomic E-state index is -3.82. The number of hydrogen-bond donors (Lipinski definition) is 0. The molecule has 10 heteroatoms. The molecule has 0 aliphatic heterocycles. The normalized spacial score (nSPS) is 15.6. The third-order valence-corrected chi connectivity index (χ3v) is 7.98. The largest absolute Gasteiger partial charge is 0.465 e. The number of aromatic nitrogens is 2. The molecule has 1 atom stereocenters. The molecule has 1 aliphatic rings. The molecular weight excluding hydrogens is 473 g/mol. The van der Waals surface area contributed by atoms with E-state index >= 15 is 0 Å². The fourth-order valence-electron chi connectivity index (χ4n) is 4.30. The average molecular weight is 502 g/mol. The number of halogens is 1. The zero-order valence-electron chi connectivity index (χ0n) is 19.9. The Hall–Kier alpha value is -3.24. The summed E-state index contributed by atoms with van der Waals surface area (Å²) in [5.41, 5.74) is 2.30. The molecule has 0 radical (unpaired) electrons. The number of aryl methyl sites for hydroxylation is 1. The van der Waals surface area contributed by atoms with E-state index in [0.29, 0.717) is 36.5 Å². The molecule has 0 amide bonds. The van der Waals surface area contributed by atoms with Crippen LogP contribution in [-0.4, -0.2) is 42.1 Å². The van der Waals surface area contributed by atoms with Gasteiger partial charge in [0.15, 0.2) is 0 Å². The van der Waals surface area contributed by atoms with Crippen LogP contribution in [-0.2, 0) is 32.5 Å². The summed E-state index contributed by atoms with van der Waals surface area (Å²) in [6, 6.07) is 9.90. The van der Waals surface area contributed by atoms with E-state index in [9.17, 15) is 17.6 Å². The first kappa shape index (κ1) is 24.9. The van der Waals surface area contributed by atoms with Crippen molar-refractivity contribution in [3.63, 3.8) is 0 Å². The molecule has 1 aromatic heterocycles. The molecule has 0 N–H and O–H groups in total. The average Bonchev–Trinajstić information content (AvgIpc) is 3.24. The maximum Gasteiger partial charge on any atom is 0.327 e. The number of hydrogen-bond acceptors (Lipinski definition) is 6. The first-order chi connectivity index (χ1) is 16.7. The Morgan fingerprint density at radius 2 is 1.97 bits per heavy atom. The van der Waals surface area contributed by atoms with Gasteiger partial charge in [-0.1, -0.05) is 0 Å². The maximum atomic E-state index is 13.5. The molecular formula is C25H28FN3O5S. The fourth-order valence-corrected chi connectivity index (χ4v) is 5.75. The molecule has 0 spiro atoms. The number of ether oxygens (including phenoxy) is 2. The van der Waals surface area contributed by atoms with Gasteiger partial charge < -0.3 is 9.47 Å². The zero-order chi connectivity index (χ0) is 25.2. The van der Waals surface area contributed by atoms with Crippen LogP contribution in [0.2, 0.25) is 0 Å². The second kappa shape index (κ2) is 10.2. The molecule has 0 unspecified atom stereocenters. The minimum Gasteiger partial charge on any atom is -0.465 e. The highest BCUT2D eigenvalue weighted by molar-refractivity contribution is 7.89. The van der Waals surface area contributed by atoms with Crippen LogP contribution >= 0.6 is 0 Å². The number of carbonyl (C=O) groups excluding carboxylic acids is 1. The summed E-state index contributed by atoms with van der Waals surface area (Å²) in [5.74, 6) is 0.200. The van der Waals surface area contributed by atoms with Crippen molar-refractivity contribution in [2.24, 2.45) is 0 Å². The number of carbonyl (C=O) groups is 1. The lowest BCUT2D eigenvalue weighted by Gasteiger charge is -2.31. The van der Waals surface area contributed by atoms with E-state index in [1.54, 1.807) is 43.9 Å². The second-order valence-electron chi connectivity index (χ2n) is 8.42. The van der Waals surface area contributed by atoms with Crippen LogP contribution in [0.3, 0.4) is 0 Å². The highest BCUT2D eigenvalue weighted by Gasteiger charge is 2.34. The van der Waals surface area contributed by atoms with Crippen molar-refractivity contribution < 1.29 is 27.1 Å². The minimum absolute atomic E-state index is 0.00106. The Balaban J connectivity index is 1.56. The standard InChI is InChI=1S/C25H28FN3O5S/c1-4-33-25(30)16-29-23-7-5-6-22(21(23)15-27-29)28(3)35(31,32)20-12-13-24(17(2)14-20)34-19-10-8-18(26)9-11-19/h8-15,22H,4-7,16H2,1-3H3/t22-/m1/s1. The van der Waals surface area contributed by atoms with E-state index in [2.05, 4.69) is 5.10 Å². The monoisotopic (exact) mass is 501 g/mol. The van der Waals surface area contributed by atoms with E-state index in [4.69, 9.17) is 9.47 Å². The lowest BCUT2D eigenvalue weighted by molar-refractivity contribution is -0.144. The Morgan fingerprint density at radius 3 is 2.66 bits per heavy atom. The van der Waals surface area contributed by atoms with E-state index in [-0.39, 0.29) is 23.2 Å². The number of sulfonamides is 1. The van der Waals surface area contributed by atoms with Gasteiger partial charge in [-0.05, 0) is 81.1 Å². The number of fused-ring (bicyclic) bond motifs is 1. The second-order valence-corrected chi connectivity index (χ2v) is 10.4. The molecule has 0 fully saturated rings. The molecule has 1 heterocycles. The van der Waals surface area contributed by atoms with E-state index in [1.807, 2.05) is 0 Å². The molecule has 0 saturated heterocycles. The van der Waals surface area contributed by atoms with Gasteiger partial charge in [-0.25, -0.2) is 12.8 Å². The van der Waals surface area contributed by atoms with Crippen LogP contribution in [0.4, 0.5) is 4.39 Å². The van der Waals surface area contributed by atoms with Crippen molar-refractivity contribution in [1.29, 1.82) is 0 Å². The molecule has 4 rings (SSSR count). The summed E-state index contributed by atoms with van der Waals surface area (Å²) >= 11 is 0. The van der Waals surface area contributed by atoms with Crippen molar-refractivity contribution in [3.8, 4) is 11.5 Å². The van der Waals surface area contributed by atoms with Crippen LogP contribution in [0, 0.1) is 12.7 Å². The lowest BCUT2D eigenvalue weighted by atomic mass is 9.93. The van der Waals surface area contributed by atoms with Crippen LogP contribution in [0.5, 0.6) is 11.5 Å². The molecule has 2 aromatic carbocycles. The van der Waals surface area contributed by atoms with E-state index in [1.165, 1.54) is 34.6 Å².